The van der Waals surface area contributed by atoms with Crippen LogP contribution in [0.4, 0.5) is 8.78 Å². The number of imidazole rings is 1. The van der Waals surface area contributed by atoms with Crippen LogP contribution in [-0.2, 0) is 4.79 Å². The van der Waals surface area contributed by atoms with Crippen molar-refractivity contribution in [1.82, 2.24) is 34.5 Å². The van der Waals surface area contributed by atoms with Crippen molar-refractivity contribution in [2.45, 2.75) is 12.1 Å². The molecule has 2 aliphatic heterocycles. The van der Waals surface area contributed by atoms with Gasteiger partial charge in [-0.25, -0.2) is 23.4 Å². The van der Waals surface area contributed by atoms with Gasteiger partial charge < -0.3 is 15.0 Å². The molecule has 1 amide bonds. The summed E-state index contributed by atoms with van der Waals surface area (Å²) in [4.78, 5) is 22.7. The molecule has 1 saturated heterocycles. The Morgan fingerprint density at radius 2 is 1.93 bits per heavy atom. The number of benzene rings is 2. The molecule has 0 bridgehead atoms. The first kappa shape index (κ1) is 24.2. The lowest BCUT2D eigenvalue weighted by molar-refractivity contribution is -0.133. The van der Waals surface area contributed by atoms with E-state index in [1.165, 1.54) is 11.0 Å². The number of amides is 1. The summed E-state index contributed by atoms with van der Waals surface area (Å²) in [5.41, 5.74) is 3.18. The highest BCUT2D eigenvalue weighted by atomic mass is 19.1. The molecule has 0 spiro atoms. The topological polar surface area (TPSA) is 90.1 Å². The van der Waals surface area contributed by atoms with Gasteiger partial charge in [-0.05, 0) is 36.4 Å². The third-order valence-electron chi connectivity index (χ3n) is 7.22. The summed E-state index contributed by atoms with van der Waals surface area (Å²) in [5.74, 6) is -0.313. The first-order valence-corrected chi connectivity index (χ1v) is 12.8. The average molecular weight is 540 g/mol. The van der Waals surface area contributed by atoms with Crippen LogP contribution in [0.1, 0.15) is 11.6 Å². The standard InChI is InChI=1S/C29H23F2N7O2/c1-17(30)29(39)36-14-18(15-36)33-24-16-40-25-13-19(7-8-21(24)25)38-27(20-5-2-3-6-22(20)31)34-23-9-10-26(35-28(23)38)37-12-4-11-32-37/h2-13,18,24,33H,1,14-16H2. The molecule has 1 fully saturated rings. The molecular weight excluding hydrogens is 516 g/mol. The highest BCUT2D eigenvalue weighted by molar-refractivity contribution is 5.91. The summed E-state index contributed by atoms with van der Waals surface area (Å²) in [6.07, 6.45) is 3.47. The van der Waals surface area contributed by atoms with Crippen LogP contribution in [0.15, 0.2) is 85.5 Å². The molecule has 5 aromatic rings. The van der Waals surface area contributed by atoms with Gasteiger partial charge in [-0.15, -0.1) is 0 Å². The van der Waals surface area contributed by atoms with Crippen LogP contribution >= 0.6 is 0 Å². The SMILES string of the molecule is C=C(F)C(=O)N1CC(NC2COc3cc(-n4c(-c5ccccc5F)nc5ccc(-n6cccn6)nc54)ccc32)C1. The van der Waals surface area contributed by atoms with Crippen LogP contribution in [0.3, 0.4) is 0 Å². The fourth-order valence-electron chi connectivity index (χ4n) is 5.23. The van der Waals surface area contributed by atoms with Gasteiger partial charge in [0, 0.05) is 43.2 Å². The Morgan fingerprint density at radius 3 is 2.70 bits per heavy atom. The predicted octanol–water partition coefficient (Wildman–Crippen LogP) is 4.13. The maximum atomic E-state index is 15.0. The summed E-state index contributed by atoms with van der Waals surface area (Å²) in [6, 6.07) is 17.7. The van der Waals surface area contributed by atoms with Gasteiger partial charge in [0.1, 0.15) is 29.5 Å². The first-order chi connectivity index (χ1) is 19.5. The lowest BCUT2D eigenvalue weighted by atomic mass is 10.0. The van der Waals surface area contributed by atoms with Gasteiger partial charge in [0.2, 0.25) is 0 Å². The minimum absolute atomic E-state index is 0.0256. The molecule has 5 heterocycles. The molecule has 0 saturated carbocycles. The van der Waals surface area contributed by atoms with Crippen molar-refractivity contribution in [2.75, 3.05) is 19.7 Å². The molecule has 1 unspecified atom stereocenters. The zero-order chi connectivity index (χ0) is 27.4. The Balaban J connectivity index is 1.25. The Kier molecular flexibility index (Phi) is 5.67. The van der Waals surface area contributed by atoms with Crippen LogP contribution in [0.25, 0.3) is 34.1 Å². The maximum absolute atomic E-state index is 15.0. The predicted molar refractivity (Wildman–Crippen MR) is 143 cm³/mol. The minimum atomic E-state index is -0.950. The molecule has 2 aliphatic rings. The number of pyridine rings is 1. The second-order valence-electron chi connectivity index (χ2n) is 9.78. The van der Waals surface area contributed by atoms with E-state index in [0.717, 1.165) is 5.56 Å². The minimum Gasteiger partial charge on any atom is -0.491 e. The largest absolute Gasteiger partial charge is 0.491 e. The second-order valence-corrected chi connectivity index (χ2v) is 9.78. The van der Waals surface area contributed by atoms with E-state index >= 15 is 0 Å². The van der Waals surface area contributed by atoms with E-state index in [1.807, 2.05) is 41.0 Å². The zero-order valence-corrected chi connectivity index (χ0v) is 21.2. The van der Waals surface area contributed by atoms with E-state index in [9.17, 15) is 13.6 Å². The number of carbonyl (C=O) groups excluding carboxylic acids is 1. The summed E-state index contributed by atoms with van der Waals surface area (Å²) in [6.45, 7) is 4.30. The van der Waals surface area contributed by atoms with E-state index in [2.05, 4.69) is 17.0 Å². The number of ether oxygens (including phenoxy) is 1. The lowest BCUT2D eigenvalue weighted by Gasteiger charge is -2.40. The van der Waals surface area contributed by atoms with Gasteiger partial charge in [0.15, 0.2) is 17.3 Å². The third kappa shape index (κ3) is 4.02. The van der Waals surface area contributed by atoms with Crippen LogP contribution in [0, 0.1) is 5.82 Å². The maximum Gasteiger partial charge on any atom is 0.282 e. The van der Waals surface area contributed by atoms with Gasteiger partial charge in [-0.3, -0.25) is 9.36 Å². The van der Waals surface area contributed by atoms with Crippen LogP contribution < -0.4 is 10.1 Å². The monoisotopic (exact) mass is 539 g/mol. The Labute approximate surface area is 227 Å². The Bertz CT molecular complexity index is 1780. The Hall–Kier alpha value is -4.90. The van der Waals surface area contributed by atoms with E-state index in [4.69, 9.17) is 14.7 Å². The van der Waals surface area contributed by atoms with Crippen molar-refractivity contribution in [3.8, 4) is 28.6 Å². The molecule has 7 rings (SSSR count). The van der Waals surface area contributed by atoms with E-state index in [0.29, 0.717) is 59.5 Å². The molecule has 0 radical (unpaired) electrons. The number of hydrogen-bond acceptors (Lipinski definition) is 6. The molecule has 2 aromatic carbocycles. The molecular formula is C29H23F2N7O2. The number of nitrogens with one attached hydrogen (secondary N) is 1. The summed E-state index contributed by atoms with van der Waals surface area (Å²) in [5, 5.41) is 7.77. The van der Waals surface area contributed by atoms with Crippen LogP contribution in [0.5, 0.6) is 5.75 Å². The normalized spacial score (nSPS) is 16.6. The van der Waals surface area contributed by atoms with Gasteiger partial charge in [-0.2, -0.15) is 5.10 Å². The number of halogens is 2. The van der Waals surface area contributed by atoms with Crippen LogP contribution in [0.2, 0.25) is 0 Å². The Morgan fingerprint density at radius 1 is 1.07 bits per heavy atom. The van der Waals surface area contributed by atoms with Gasteiger partial charge in [-0.1, -0.05) is 24.8 Å². The molecule has 0 aliphatic carbocycles. The van der Waals surface area contributed by atoms with Crippen molar-refractivity contribution in [3.05, 3.63) is 96.8 Å². The van der Waals surface area contributed by atoms with Crippen molar-refractivity contribution < 1.29 is 18.3 Å². The van der Waals surface area contributed by atoms with E-state index < -0.39 is 17.6 Å². The number of aromatic nitrogens is 5. The van der Waals surface area contributed by atoms with Crippen molar-refractivity contribution >= 4 is 17.1 Å². The van der Waals surface area contributed by atoms with E-state index in [1.54, 1.807) is 35.3 Å². The molecule has 3 aromatic heterocycles. The van der Waals surface area contributed by atoms with Gasteiger partial charge >= 0.3 is 0 Å². The molecule has 40 heavy (non-hydrogen) atoms. The second kappa shape index (κ2) is 9.38. The summed E-state index contributed by atoms with van der Waals surface area (Å²) in [7, 11) is 0. The zero-order valence-electron chi connectivity index (χ0n) is 21.2. The summed E-state index contributed by atoms with van der Waals surface area (Å²) < 4.78 is 37.6. The smallest absolute Gasteiger partial charge is 0.282 e. The molecule has 1 N–H and O–H groups in total. The van der Waals surface area contributed by atoms with Crippen molar-refractivity contribution in [3.63, 3.8) is 0 Å². The van der Waals surface area contributed by atoms with Gasteiger partial charge in [0.25, 0.3) is 5.91 Å². The third-order valence-corrected chi connectivity index (χ3v) is 7.22. The van der Waals surface area contributed by atoms with Crippen molar-refractivity contribution in [2.24, 2.45) is 0 Å². The highest BCUT2D eigenvalue weighted by Gasteiger charge is 2.35. The highest BCUT2D eigenvalue weighted by Crippen LogP contribution is 2.37. The fourth-order valence-corrected chi connectivity index (χ4v) is 5.23. The molecule has 11 heteroatoms. The molecule has 200 valence electrons. The van der Waals surface area contributed by atoms with Crippen molar-refractivity contribution in [1.29, 1.82) is 0 Å². The quantitative estimate of drug-likeness (QED) is 0.327. The lowest BCUT2D eigenvalue weighted by Crippen LogP contribution is -2.60. The first-order valence-electron chi connectivity index (χ1n) is 12.8. The van der Waals surface area contributed by atoms with Gasteiger partial charge in [0.05, 0.1) is 17.3 Å². The fraction of sp³-hybridized carbons (Fsp3) is 0.172. The number of carbonyl (C=O) groups is 1. The number of rotatable bonds is 6. The average Bonchev–Trinajstić information content (AvgIpc) is 3.68. The number of nitrogens with zero attached hydrogens (tertiary/aromatic N) is 6. The molecule has 9 nitrogen and oxygen atoms in total. The number of hydrogen-bond donors (Lipinski definition) is 1. The molecule has 1 atom stereocenters. The number of likely N-dealkylation sites (tertiary alicyclic amines) is 1. The summed E-state index contributed by atoms with van der Waals surface area (Å²) >= 11 is 0. The van der Waals surface area contributed by atoms with Crippen LogP contribution in [-0.4, -0.2) is 60.9 Å². The number of fused-ring (bicyclic) bond motifs is 2. The van der Waals surface area contributed by atoms with E-state index in [-0.39, 0.29) is 12.1 Å².